The number of esters is 1. The van der Waals surface area contributed by atoms with Gasteiger partial charge in [0.25, 0.3) is 0 Å². The molecule has 0 atom stereocenters. The molecule has 0 fully saturated rings. The van der Waals surface area contributed by atoms with Crippen molar-refractivity contribution in [2.75, 3.05) is 6.61 Å². The Kier molecular flexibility index (Phi) is 4.73. The average Bonchev–Trinajstić information content (AvgIpc) is 2.47. The molecule has 0 aromatic heterocycles. The Balaban J connectivity index is 2.01. The van der Waals surface area contributed by atoms with Crippen LogP contribution in [0.1, 0.15) is 18.9 Å². The summed E-state index contributed by atoms with van der Waals surface area (Å²) in [6.07, 6.45) is 1.20. The first kappa shape index (κ1) is 13.3. The van der Waals surface area contributed by atoms with E-state index in [-0.39, 0.29) is 5.97 Å². The van der Waals surface area contributed by atoms with Crippen LogP contribution in [-0.2, 0) is 16.0 Å². The first-order valence-corrected chi connectivity index (χ1v) is 6.59. The molecule has 0 bridgehead atoms. The molecule has 0 heterocycles. The van der Waals surface area contributed by atoms with Crippen molar-refractivity contribution >= 4 is 5.97 Å². The van der Waals surface area contributed by atoms with Crippen molar-refractivity contribution in [1.82, 2.24) is 0 Å². The van der Waals surface area contributed by atoms with Gasteiger partial charge in [-0.2, -0.15) is 0 Å². The lowest BCUT2D eigenvalue weighted by Gasteiger charge is -2.05. The quantitative estimate of drug-likeness (QED) is 0.757. The van der Waals surface area contributed by atoms with Crippen LogP contribution in [0.2, 0.25) is 0 Å². The third kappa shape index (κ3) is 3.95. The minimum Gasteiger partial charge on any atom is -0.465 e. The lowest BCUT2D eigenvalue weighted by atomic mass is 10.0. The van der Waals surface area contributed by atoms with Gasteiger partial charge in [0, 0.05) is 0 Å². The number of hydrogen-bond donors (Lipinski definition) is 0. The molecule has 0 saturated heterocycles. The van der Waals surface area contributed by atoms with Gasteiger partial charge in [-0.25, -0.2) is 0 Å². The van der Waals surface area contributed by atoms with E-state index in [1.54, 1.807) is 0 Å². The maximum absolute atomic E-state index is 11.5. The standard InChI is InChI=1S/C17H18O2/c1-2-12-19-17(18)13-14-8-10-16(11-9-14)15-6-4-3-5-7-15/h3-11H,2,12-13H2,1H3. The molecule has 0 spiro atoms. The van der Waals surface area contributed by atoms with E-state index >= 15 is 0 Å². The summed E-state index contributed by atoms with van der Waals surface area (Å²) in [6, 6.07) is 18.2. The molecule has 2 aromatic carbocycles. The lowest BCUT2D eigenvalue weighted by Crippen LogP contribution is -2.08. The van der Waals surface area contributed by atoms with Crippen molar-refractivity contribution in [1.29, 1.82) is 0 Å². The Morgan fingerprint density at radius 2 is 1.58 bits per heavy atom. The van der Waals surface area contributed by atoms with Gasteiger partial charge >= 0.3 is 5.97 Å². The fraction of sp³-hybridized carbons (Fsp3) is 0.235. The summed E-state index contributed by atoms with van der Waals surface area (Å²) in [4.78, 5) is 11.5. The molecule has 0 aliphatic carbocycles. The van der Waals surface area contributed by atoms with E-state index in [1.807, 2.05) is 49.4 Å². The number of hydrogen-bond acceptors (Lipinski definition) is 2. The third-order valence-corrected chi connectivity index (χ3v) is 2.88. The van der Waals surface area contributed by atoms with E-state index in [2.05, 4.69) is 12.1 Å². The fourth-order valence-electron chi connectivity index (χ4n) is 1.88. The number of carbonyl (C=O) groups is 1. The zero-order chi connectivity index (χ0) is 13.5. The van der Waals surface area contributed by atoms with Gasteiger partial charge < -0.3 is 4.74 Å². The normalized spacial score (nSPS) is 10.2. The molecule has 0 N–H and O–H groups in total. The topological polar surface area (TPSA) is 26.3 Å². The maximum atomic E-state index is 11.5. The van der Waals surface area contributed by atoms with Crippen molar-refractivity contribution in [3.63, 3.8) is 0 Å². The van der Waals surface area contributed by atoms with Crippen LogP contribution >= 0.6 is 0 Å². The summed E-state index contributed by atoms with van der Waals surface area (Å²) in [5, 5.41) is 0. The van der Waals surface area contributed by atoms with E-state index < -0.39 is 0 Å². The molecule has 98 valence electrons. The smallest absolute Gasteiger partial charge is 0.310 e. The summed E-state index contributed by atoms with van der Waals surface area (Å²) in [5.41, 5.74) is 3.33. The summed E-state index contributed by atoms with van der Waals surface area (Å²) in [6.45, 7) is 2.49. The van der Waals surface area contributed by atoms with Crippen molar-refractivity contribution in [2.24, 2.45) is 0 Å². The van der Waals surface area contributed by atoms with Gasteiger partial charge in [-0.3, -0.25) is 4.79 Å². The highest BCUT2D eigenvalue weighted by Gasteiger charge is 2.04. The van der Waals surface area contributed by atoms with Crippen molar-refractivity contribution < 1.29 is 9.53 Å². The van der Waals surface area contributed by atoms with Crippen LogP contribution < -0.4 is 0 Å². The second-order valence-corrected chi connectivity index (χ2v) is 4.46. The highest BCUT2D eigenvalue weighted by atomic mass is 16.5. The highest BCUT2D eigenvalue weighted by Crippen LogP contribution is 2.19. The monoisotopic (exact) mass is 254 g/mol. The van der Waals surface area contributed by atoms with Crippen LogP contribution in [-0.4, -0.2) is 12.6 Å². The molecule has 19 heavy (non-hydrogen) atoms. The third-order valence-electron chi connectivity index (χ3n) is 2.88. The van der Waals surface area contributed by atoms with Crippen LogP contribution in [0.15, 0.2) is 54.6 Å². The molecule has 0 amide bonds. The summed E-state index contributed by atoms with van der Waals surface area (Å²) in [5.74, 6) is -0.158. The van der Waals surface area contributed by atoms with E-state index in [1.165, 1.54) is 5.56 Å². The summed E-state index contributed by atoms with van der Waals surface area (Å²) in [7, 11) is 0. The molecule has 0 aliphatic rings. The number of carbonyl (C=O) groups excluding carboxylic acids is 1. The second kappa shape index (κ2) is 6.74. The molecule has 2 aromatic rings. The molecular weight excluding hydrogens is 236 g/mol. The minimum absolute atomic E-state index is 0.158. The molecule has 2 nitrogen and oxygen atoms in total. The van der Waals surface area contributed by atoms with Crippen LogP contribution in [0.25, 0.3) is 11.1 Å². The van der Waals surface area contributed by atoms with Crippen molar-refractivity contribution in [2.45, 2.75) is 19.8 Å². The minimum atomic E-state index is -0.158. The van der Waals surface area contributed by atoms with Crippen LogP contribution in [0.5, 0.6) is 0 Å². The zero-order valence-corrected chi connectivity index (χ0v) is 11.1. The van der Waals surface area contributed by atoms with Crippen LogP contribution in [0.4, 0.5) is 0 Å². The number of benzene rings is 2. The van der Waals surface area contributed by atoms with Crippen molar-refractivity contribution in [3.8, 4) is 11.1 Å². The van der Waals surface area contributed by atoms with E-state index in [0.717, 1.165) is 17.5 Å². The van der Waals surface area contributed by atoms with Crippen molar-refractivity contribution in [3.05, 3.63) is 60.2 Å². The Hall–Kier alpha value is -2.09. The lowest BCUT2D eigenvalue weighted by molar-refractivity contribution is -0.142. The Labute approximate surface area is 114 Å². The van der Waals surface area contributed by atoms with Gasteiger partial charge in [0.15, 0.2) is 0 Å². The second-order valence-electron chi connectivity index (χ2n) is 4.46. The van der Waals surface area contributed by atoms with Crippen LogP contribution in [0.3, 0.4) is 0 Å². The zero-order valence-electron chi connectivity index (χ0n) is 11.1. The fourth-order valence-corrected chi connectivity index (χ4v) is 1.88. The Morgan fingerprint density at radius 3 is 2.21 bits per heavy atom. The molecule has 2 rings (SSSR count). The average molecular weight is 254 g/mol. The molecular formula is C17H18O2. The van der Waals surface area contributed by atoms with Gasteiger partial charge in [-0.05, 0) is 23.1 Å². The molecule has 0 unspecified atom stereocenters. The Bertz CT molecular complexity index is 515. The molecule has 0 aliphatic heterocycles. The number of ether oxygens (including phenoxy) is 1. The van der Waals surface area contributed by atoms with Gasteiger partial charge in [0.2, 0.25) is 0 Å². The molecule has 0 saturated carbocycles. The van der Waals surface area contributed by atoms with Gasteiger partial charge in [-0.15, -0.1) is 0 Å². The predicted molar refractivity (Wildman–Crippen MR) is 76.8 cm³/mol. The van der Waals surface area contributed by atoms with E-state index in [9.17, 15) is 4.79 Å². The number of rotatable bonds is 5. The Morgan fingerprint density at radius 1 is 0.947 bits per heavy atom. The highest BCUT2D eigenvalue weighted by molar-refractivity contribution is 5.73. The maximum Gasteiger partial charge on any atom is 0.310 e. The van der Waals surface area contributed by atoms with Gasteiger partial charge in [0.1, 0.15) is 0 Å². The largest absolute Gasteiger partial charge is 0.465 e. The van der Waals surface area contributed by atoms with Gasteiger partial charge in [-0.1, -0.05) is 61.5 Å². The first-order valence-electron chi connectivity index (χ1n) is 6.59. The van der Waals surface area contributed by atoms with E-state index in [0.29, 0.717) is 13.0 Å². The summed E-state index contributed by atoms with van der Waals surface area (Å²) >= 11 is 0. The molecule has 2 heteroatoms. The molecule has 0 radical (unpaired) electrons. The van der Waals surface area contributed by atoms with Crippen LogP contribution in [0, 0.1) is 0 Å². The first-order chi connectivity index (χ1) is 9.29. The summed E-state index contributed by atoms with van der Waals surface area (Å²) < 4.78 is 5.07. The predicted octanol–water partition coefficient (Wildman–Crippen LogP) is 3.85. The van der Waals surface area contributed by atoms with E-state index in [4.69, 9.17) is 4.74 Å². The van der Waals surface area contributed by atoms with Gasteiger partial charge in [0.05, 0.1) is 13.0 Å². The SMILES string of the molecule is CCCOC(=O)Cc1ccc(-c2ccccc2)cc1.